The van der Waals surface area contributed by atoms with Gasteiger partial charge >= 0.3 is 0 Å². The molecule has 2 amide bonds. The summed E-state index contributed by atoms with van der Waals surface area (Å²) in [4.78, 5) is 30.4. The summed E-state index contributed by atoms with van der Waals surface area (Å²) in [7, 11) is 0. The van der Waals surface area contributed by atoms with Crippen molar-refractivity contribution in [2.75, 3.05) is 38.0 Å². The van der Waals surface area contributed by atoms with E-state index in [-0.39, 0.29) is 17.9 Å². The number of imide groups is 1. The third-order valence-corrected chi connectivity index (χ3v) is 6.35. The largest absolute Gasteiger partial charge is 0.372 e. The molecule has 3 aliphatic rings. The quantitative estimate of drug-likeness (QED) is 0.666. The molecule has 0 aliphatic carbocycles. The van der Waals surface area contributed by atoms with Crippen LogP contribution in [0.5, 0.6) is 0 Å². The third kappa shape index (κ3) is 4.89. The summed E-state index contributed by atoms with van der Waals surface area (Å²) in [6.45, 7) is 5.91. The minimum Gasteiger partial charge on any atom is -0.372 e. The zero-order valence-electron chi connectivity index (χ0n) is 16.5. The van der Waals surface area contributed by atoms with Crippen molar-refractivity contribution in [3.05, 3.63) is 24.0 Å². The molecule has 1 atom stereocenters. The van der Waals surface area contributed by atoms with E-state index in [0.717, 1.165) is 43.2 Å². The number of nitrogens with one attached hydrogen (secondary N) is 3. The molecule has 1 unspecified atom stereocenters. The molecular weight excluding hydrogens is 354 g/mol. The van der Waals surface area contributed by atoms with Gasteiger partial charge in [0, 0.05) is 24.6 Å². The van der Waals surface area contributed by atoms with Crippen LogP contribution in [0.3, 0.4) is 0 Å². The third-order valence-electron chi connectivity index (χ3n) is 6.35. The number of nitrogens with zero attached hydrogens (tertiary/aromatic N) is 2. The van der Waals surface area contributed by atoms with Gasteiger partial charge in [-0.05, 0) is 76.3 Å². The summed E-state index contributed by atoms with van der Waals surface area (Å²) in [6.07, 6.45) is 7.68. The van der Waals surface area contributed by atoms with Crippen molar-refractivity contribution >= 4 is 17.5 Å². The molecule has 7 heteroatoms. The van der Waals surface area contributed by atoms with Gasteiger partial charge in [-0.25, -0.2) is 0 Å². The summed E-state index contributed by atoms with van der Waals surface area (Å²) in [5.41, 5.74) is 1.98. The second-order valence-electron chi connectivity index (χ2n) is 8.39. The first-order valence-corrected chi connectivity index (χ1v) is 10.7. The van der Waals surface area contributed by atoms with Gasteiger partial charge in [0.05, 0.1) is 11.9 Å². The highest BCUT2D eigenvalue weighted by molar-refractivity contribution is 6.01. The lowest BCUT2D eigenvalue weighted by Gasteiger charge is -2.35. The van der Waals surface area contributed by atoms with Crippen molar-refractivity contribution in [1.82, 2.24) is 20.5 Å². The first kappa shape index (κ1) is 19.3. The van der Waals surface area contributed by atoms with Gasteiger partial charge in [0.2, 0.25) is 11.8 Å². The molecule has 0 spiro atoms. The average molecular weight is 386 g/mol. The summed E-state index contributed by atoms with van der Waals surface area (Å²) >= 11 is 0. The highest BCUT2D eigenvalue weighted by Crippen LogP contribution is 2.28. The number of rotatable bonds is 5. The van der Waals surface area contributed by atoms with Crippen molar-refractivity contribution in [2.45, 2.75) is 50.5 Å². The van der Waals surface area contributed by atoms with E-state index in [1.54, 1.807) is 0 Å². The molecular formula is C21H31N5O2. The van der Waals surface area contributed by atoms with E-state index < -0.39 is 0 Å². The molecule has 152 valence electrons. The fourth-order valence-electron chi connectivity index (χ4n) is 4.61. The monoisotopic (exact) mass is 385 g/mol. The molecule has 3 N–H and O–H groups in total. The van der Waals surface area contributed by atoms with Gasteiger partial charge in [-0.1, -0.05) is 0 Å². The number of amides is 2. The van der Waals surface area contributed by atoms with Crippen molar-refractivity contribution in [3.8, 4) is 0 Å². The molecule has 0 bridgehead atoms. The minimum atomic E-state index is -0.358. The molecule has 0 aromatic carbocycles. The van der Waals surface area contributed by atoms with Crippen molar-refractivity contribution in [3.63, 3.8) is 0 Å². The van der Waals surface area contributed by atoms with Crippen LogP contribution in [-0.2, 0) is 9.59 Å². The summed E-state index contributed by atoms with van der Waals surface area (Å²) in [5, 5.41) is 9.02. The fraction of sp³-hybridized carbons (Fsp3) is 0.667. The Labute approximate surface area is 166 Å². The molecule has 3 saturated heterocycles. The summed E-state index contributed by atoms with van der Waals surface area (Å²) in [5.74, 6) is 0.937. The zero-order valence-corrected chi connectivity index (χ0v) is 16.5. The molecule has 0 radical (unpaired) electrons. The van der Waals surface area contributed by atoms with Gasteiger partial charge in [-0.15, -0.1) is 0 Å². The number of likely N-dealkylation sites (tertiary alicyclic amines) is 1. The molecule has 28 heavy (non-hydrogen) atoms. The predicted molar refractivity (Wildman–Crippen MR) is 108 cm³/mol. The van der Waals surface area contributed by atoms with Crippen LogP contribution in [0, 0.1) is 5.92 Å². The van der Waals surface area contributed by atoms with E-state index in [1.165, 1.54) is 32.5 Å². The number of anilines is 1. The van der Waals surface area contributed by atoms with Gasteiger partial charge in [0.25, 0.3) is 0 Å². The number of pyridine rings is 1. The Morgan fingerprint density at radius 3 is 2.54 bits per heavy atom. The standard InChI is InChI=1S/C21H31N5O2/c27-20-4-3-19(21(28)25-20)24-17-1-2-18(23-13-17)16-7-11-26(12-8-16)14-15-5-9-22-10-6-15/h1-2,13,15-16,19,22,24H,3-12,14H2,(H,25,27,28). The molecule has 1 aromatic heterocycles. The Morgan fingerprint density at radius 1 is 1.07 bits per heavy atom. The number of piperidine rings is 3. The van der Waals surface area contributed by atoms with E-state index in [0.29, 0.717) is 18.8 Å². The number of hydrogen-bond acceptors (Lipinski definition) is 6. The molecule has 7 nitrogen and oxygen atoms in total. The van der Waals surface area contributed by atoms with Crippen LogP contribution < -0.4 is 16.0 Å². The Balaban J connectivity index is 1.25. The zero-order chi connectivity index (χ0) is 19.3. The maximum atomic E-state index is 11.9. The highest BCUT2D eigenvalue weighted by atomic mass is 16.2. The second-order valence-corrected chi connectivity index (χ2v) is 8.39. The summed E-state index contributed by atoms with van der Waals surface area (Å²) in [6, 6.07) is 3.73. The van der Waals surface area contributed by atoms with E-state index in [2.05, 4.69) is 31.9 Å². The maximum absolute atomic E-state index is 11.9. The van der Waals surface area contributed by atoms with Gasteiger partial charge in [0.1, 0.15) is 6.04 Å². The van der Waals surface area contributed by atoms with E-state index in [9.17, 15) is 9.59 Å². The molecule has 0 saturated carbocycles. The van der Waals surface area contributed by atoms with Crippen LogP contribution in [0.2, 0.25) is 0 Å². The van der Waals surface area contributed by atoms with Gasteiger partial charge < -0.3 is 15.5 Å². The normalized spacial score (nSPS) is 25.5. The summed E-state index contributed by atoms with van der Waals surface area (Å²) < 4.78 is 0. The topological polar surface area (TPSA) is 86.4 Å². The van der Waals surface area contributed by atoms with Gasteiger partial charge in [-0.2, -0.15) is 0 Å². The first-order valence-electron chi connectivity index (χ1n) is 10.7. The predicted octanol–water partition coefficient (Wildman–Crippen LogP) is 1.48. The first-order chi connectivity index (χ1) is 13.7. The van der Waals surface area contributed by atoms with Crippen LogP contribution in [0.4, 0.5) is 5.69 Å². The van der Waals surface area contributed by atoms with Crippen LogP contribution in [0.1, 0.15) is 50.1 Å². The lowest BCUT2D eigenvalue weighted by atomic mass is 9.91. The van der Waals surface area contributed by atoms with Crippen LogP contribution in [0.25, 0.3) is 0 Å². The molecule has 3 aliphatic heterocycles. The van der Waals surface area contributed by atoms with E-state index in [4.69, 9.17) is 0 Å². The average Bonchev–Trinajstić information content (AvgIpc) is 2.72. The van der Waals surface area contributed by atoms with Crippen LogP contribution in [-0.4, -0.2) is 60.5 Å². The second kappa shape index (κ2) is 9.01. The minimum absolute atomic E-state index is 0.192. The number of aromatic nitrogens is 1. The SMILES string of the molecule is O=C1CCC(Nc2ccc(C3CCN(CC4CCNCC4)CC3)nc2)C(=O)N1. The van der Waals surface area contributed by atoms with E-state index >= 15 is 0 Å². The van der Waals surface area contributed by atoms with Crippen molar-refractivity contribution < 1.29 is 9.59 Å². The Morgan fingerprint density at radius 2 is 1.86 bits per heavy atom. The number of hydrogen-bond donors (Lipinski definition) is 3. The molecule has 4 heterocycles. The Bertz CT molecular complexity index is 679. The number of carbonyl (C=O) groups is 2. The van der Waals surface area contributed by atoms with Crippen molar-refractivity contribution in [2.24, 2.45) is 5.92 Å². The Hall–Kier alpha value is -1.99. The van der Waals surface area contributed by atoms with Crippen LogP contribution in [0.15, 0.2) is 18.3 Å². The van der Waals surface area contributed by atoms with Gasteiger partial charge in [-0.3, -0.25) is 19.9 Å². The smallest absolute Gasteiger partial charge is 0.249 e. The molecule has 3 fully saturated rings. The number of carbonyl (C=O) groups excluding carboxylic acids is 2. The van der Waals surface area contributed by atoms with Crippen LogP contribution >= 0.6 is 0 Å². The molecule has 1 aromatic rings. The lowest BCUT2D eigenvalue weighted by Crippen LogP contribution is -2.47. The lowest BCUT2D eigenvalue weighted by molar-refractivity contribution is -0.133. The van der Waals surface area contributed by atoms with Crippen molar-refractivity contribution in [1.29, 1.82) is 0 Å². The van der Waals surface area contributed by atoms with E-state index in [1.807, 2.05) is 12.3 Å². The highest BCUT2D eigenvalue weighted by Gasteiger charge is 2.27. The molecule has 4 rings (SSSR count). The fourth-order valence-corrected chi connectivity index (χ4v) is 4.61. The maximum Gasteiger partial charge on any atom is 0.249 e. The van der Waals surface area contributed by atoms with Gasteiger partial charge in [0.15, 0.2) is 0 Å². The Kier molecular flexibility index (Phi) is 6.22.